The molecule has 0 aliphatic rings. The summed E-state index contributed by atoms with van der Waals surface area (Å²) >= 11 is 0. The molecular formula is C14H16FN3O. The van der Waals surface area contributed by atoms with Crippen LogP contribution < -0.4 is 10.9 Å². The minimum atomic E-state index is -0.294. The summed E-state index contributed by atoms with van der Waals surface area (Å²) in [4.78, 5) is 11.6. The van der Waals surface area contributed by atoms with E-state index in [0.717, 1.165) is 18.5 Å². The number of rotatable bonds is 5. The van der Waals surface area contributed by atoms with Crippen molar-refractivity contribution in [1.29, 1.82) is 0 Å². The van der Waals surface area contributed by atoms with E-state index in [4.69, 9.17) is 0 Å². The lowest BCUT2D eigenvalue weighted by Crippen LogP contribution is -2.22. The average molecular weight is 261 g/mol. The van der Waals surface area contributed by atoms with Crippen LogP contribution in [0, 0.1) is 5.82 Å². The number of benzene rings is 1. The summed E-state index contributed by atoms with van der Waals surface area (Å²) in [6.07, 6.45) is 1.01. The molecule has 1 aromatic carbocycles. The maximum Gasteiger partial charge on any atom is 0.268 e. The van der Waals surface area contributed by atoms with Crippen LogP contribution in [-0.4, -0.2) is 16.7 Å². The summed E-state index contributed by atoms with van der Waals surface area (Å²) in [6, 6.07) is 7.75. The van der Waals surface area contributed by atoms with Gasteiger partial charge in [-0.05, 0) is 43.3 Å². The van der Waals surface area contributed by atoms with Crippen molar-refractivity contribution in [3.63, 3.8) is 0 Å². The molecule has 0 aliphatic heterocycles. The summed E-state index contributed by atoms with van der Waals surface area (Å²) in [5.74, 6) is -0.294. The Morgan fingerprint density at radius 2 is 2.05 bits per heavy atom. The highest BCUT2D eigenvalue weighted by molar-refractivity contribution is 5.58. The maximum absolute atomic E-state index is 12.9. The molecule has 0 unspecified atom stereocenters. The standard InChI is InChI=1S/C14H16FN3O/c1-2-7-16-9-11-8-13(17-18-14(11)19)10-3-5-12(15)6-4-10/h3-6,8,16H,2,7,9H2,1H3,(H,18,19). The monoisotopic (exact) mass is 261 g/mol. The van der Waals surface area contributed by atoms with E-state index < -0.39 is 0 Å². The third kappa shape index (κ3) is 3.48. The molecule has 19 heavy (non-hydrogen) atoms. The Morgan fingerprint density at radius 3 is 2.74 bits per heavy atom. The molecule has 5 heteroatoms. The van der Waals surface area contributed by atoms with Gasteiger partial charge in [0.15, 0.2) is 0 Å². The highest BCUT2D eigenvalue weighted by Gasteiger charge is 2.05. The molecule has 1 aromatic heterocycles. The van der Waals surface area contributed by atoms with Crippen molar-refractivity contribution >= 4 is 0 Å². The van der Waals surface area contributed by atoms with E-state index in [0.29, 0.717) is 17.8 Å². The van der Waals surface area contributed by atoms with E-state index in [1.165, 1.54) is 12.1 Å². The van der Waals surface area contributed by atoms with Gasteiger partial charge in [0, 0.05) is 17.7 Å². The van der Waals surface area contributed by atoms with Gasteiger partial charge in [-0.15, -0.1) is 0 Å². The van der Waals surface area contributed by atoms with Gasteiger partial charge >= 0.3 is 0 Å². The minimum Gasteiger partial charge on any atom is -0.312 e. The van der Waals surface area contributed by atoms with Gasteiger partial charge in [-0.2, -0.15) is 5.10 Å². The van der Waals surface area contributed by atoms with Crippen LogP contribution in [0.25, 0.3) is 11.3 Å². The normalized spacial score (nSPS) is 10.6. The van der Waals surface area contributed by atoms with Gasteiger partial charge in [0.2, 0.25) is 0 Å². The Hall–Kier alpha value is -2.01. The van der Waals surface area contributed by atoms with Crippen molar-refractivity contribution in [2.75, 3.05) is 6.54 Å². The largest absolute Gasteiger partial charge is 0.312 e. The Bertz CT molecular complexity index is 592. The smallest absolute Gasteiger partial charge is 0.268 e. The van der Waals surface area contributed by atoms with Crippen molar-refractivity contribution in [2.45, 2.75) is 19.9 Å². The summed E-state index contributed by atoms with van der Waals surface area (Å²) in [5, 5.41) is 9.62. The molecule has 2 aromatic rings. The van der Waals surface area contributed by atoms with Gasteiger partial charge in [0.05, 0.1) is 5.69 Å². The molecule has 1 heterocycles. The molecule has 100 valence electrons. The number of hydrogen-bond donors (Lipinski definition) is 2. The van der Waals surface area contributed by atoms with Crippen molar-refractivity contribution < 1.29 is 4.39 Å². The van der Waals surface area contributed by atoms with Crippen LogP contribution in [-0.2, 0) is 6.54 Å². The second-order valence-electron chi connectivity index (χ2n) is 4.29. The summed E-state index contributed by atoms with van der Waals surface area (Å²) in [6.45, 7) is 3.42. The van der Waals surface area contributed by atoms with Crippen molar-refractivity contribution in [3.8, 4) is 11.3 Å². The number of hydrogen-bond acceptors (Lipinski definition) is 3. The van der Waals surface area contributed by atoms with Crippen LogP contribution in [0.3, 0.4) is 0 Å². The fraction of sp³-hybridized carbons (Fsp3) is 0.286. The van der Waals surface area contributed by atoms with Crippen molar-refractivity contribution in [3.05, 3.63) is 52.1 Å². The lowest BCUT2D eigenvalue weighted by atomic mass is 10.1. The molecule has 0 spiro atoms. The summed E-state index contributed by atoms with van der Waals surface area (Å²) in [5.41, 5.74) is 1.83. The quantitative estimate of drug-likeness (QED) is 0.810. The number of nitrogens with one attached hydrogen (secondary N) is 2. The van der Waals surface area contributed by atoms with Crippen molar-refractivity contribution in [1.82, 2.24) is 15.5 Å². The van der Waals surface area contributed by atoms with Crippen LogP contribution in [0.2, 0.25) is 0 Å². The number of halogens is 1. The predicted molar refractivity (Wildman–Crippen MR) is 72.2 cm³/mol. The Kier molecular flexibility index (Phi) is 4.41. The number of H-pyrrole nitrogens is 1. The summed E-state index contributed by atoms with van der Waals surface area (Å²) < 4.78 is 12.9. The molecule has 0 amide bonds. The van der Waals surface area contributed by atoms with E-state index in [1.54, 1.807) is 18.2 Å². The molecule has 2 rings (SSSR count). The maximum atomic E-state index is 12.9. The van der Waals surface area contributed by atoms with Gasteiger partial charge in [-0.1, -0.05) is 6.92 Å². The number of aromatic nitrogens is 2. The zero-order valence-corrected chi connectivity index (χ0v) is 10.7. The van der Waals surface area contributed by atoms with Crippen LogP contribution in [0.4, 0.5) is 4.39 Å². The van der Waals surface area contributed by atoms with Gasteiger partial charge in [-0.25, -0.2) is 9.49 Å². The van der Waals surface area contributed by atoms with Gasteiger partial charge < -0.3 is 5.32 Å². The molecule has 0 atom stereocenters. The first-order valence-electron chi connectivity index (χ1n) is 6.26. The van der Waals surface area contributed by atoms with Crippen LogP contribution in [0.15, 0.2) is 35.1 Å². The van der Waals surface area contributed by atoms with E-state index >= 15 is 0 Å². The van der Waals surface area contributed by atoms with E-state index in [2.05, 4.69) is 22.4 Å². The molecule has 4 nitrogen and oxygen atoms in total. The van der Waals surface area contributed by atoms with Gasteiger partial charge in [0.25, 0.3) is 5.56 Å². The van der Waals surface area contributed by atoms with Crippen LogP contribution >= 0.6 is 0 Å². The van der Waals surface area contributed by atoms with Crippen LogP contribution in [0.5, 0.6) is 0 Å². The van der Waals surface area contributed by atoms with Gasteiger partial charge in [-0.3, -0.25) is 4.79 Å². The number of aromatic amines is 1. The third-order valence-electron chi connectivity index (χ3n) is 2.76. The molecule has 0 fully saturated rings. The minimum absolute atomic E-state index is 0.200. The first kappa shape index (κ1) is 13.4. The first-order chi connectivity index (χ1) is 9.20. The summed E-state index contributed by atoms with van der Waals surface area (Å²) in [7, 11) is 0. The Morgan fingerprint density at radius 1 is 1.32 bits per heavy atom. The average Bonchev–Trinajstić information content (AvgIpc) is 2.42. The highest BCUT2D eigenvalue weighted by atomic mass is 19.1. The van der Waals surface area contributed by atoms with Crippen LogP contribution in [0.1, 0.15) is 18.9 Å². The Balaban J connectivity index is 2.25. The molecule has 0 saturated heterocycles. The molecule has 0 saturated carbocycles. The Labute approximate surface area is 110 Å². The number of nitrogens with zero attached hydrogens (tertiary/aromatic N) is 1. The zero-order chi connectivity index (χ0) is 13.7. The fourth-order valence-electron chi connectivity index (χ4n) is 1.75. The molecule has 2 N–H and O–H groups in total. The van der Waals surface area contributed by atoms with E-state index in [9.17, 15) is 9.18 Å². The first-order valence-corrected chi connectivity index (χ1v) is 6.26. The third-order valence-corrected chi connectivity index (χ3v) is 2.76. The van der Waals surface area contributed by atoms with Crippen molar-refractivity contribution in [2.24, 2.45) is 0 Å². The topological polar surface area (TPSA) is 57.8 Å². The predicted octanol–water partition coefficient (Wildman–Crippen LogP) is 2.08. The molecular weight excluding hydrogens is 245 g/mol. The molecule has 0 radical (unpaired) electrons. The lowest BCUT2D eigenvalue weighted by molar-refractivity contribution is 0.628. The molecule has 0 bridgehead atoms. The van der Waals surface area contributed by atoms with E-state index in [-0.39, 0.29) is 11.4 Å². The van der Waals surface area contributed by atoms with E-state index in [1.807, 2.05) is 0 Å². The highest BCUT2D eigenvalue weighted by Crippen LogP contribution is 2.16. The SMILES string of the molecule is CCCNCc1cc(-c2ccc(F)cc2)n[nH]c1=O. The second-order valence-corrected chi connectivity index (χ2v) is 4.29. The zero-order valence-electron chi connectivity index (χ0n) is 10.7. The lowest BCUT2D eigenvalue weighted by Gasteiger charge is -2.05. The molecule has 0 aliphatic carbocycles. The van der Waals surface area contributed by atoms with Gasteiger partial charge in [0.1, 0.15) is 5.82 Å². The second kappa shape index (κ2) is 6.24. The fourth-order valence-corrected chi connectivity index (χ4v) is 1.75.